The monoisotopic (exact) mass is 258 g/mol. The van der Waals surface area contributed by atoms with Gasteiger partial charge in [-0.1, -0.05) is 6.92 Å². The van der Waals surface area contributed by atoms with Crippen LogP contribution in [0.1, 0.15) is 34.1 Å². The molecule has 0 aromatic heterocycles. The smallest absolute Gasteiger partial charge is 0.410 e. The molecule has 6 heteroatoms. The highest BCUT2D eigenvalue weighted by molar-refractivity contribution is 5.80. The molecule has 2 atom stereocenters. The molecule has 0 radical (unpaired) electrons. The minimum absolute atomic E-state index is 0.0123. The van der Waals surface area contributed by atoms with Crippen LogP contribution in [0.15, 0.2) is 0 Å². The van der Waals surface area contributed by atoms with Crippen molar-refractivity contribution >= 4 is 12.1 Å². The fourth-order valence-corrected chi connectivity index (χ4v) is 2.15. The Morgan fingerprint density at radius 3 is 2.44 bits per heavy atom. The van der Waals surface area contributed by atoms with E-state index >= 15 is 0 Å². The number of hydrogen-bond acceptors (Lipinski definition) is 4. The number of rotatable bonds is 1. The third-order valence-electron chi connectivity index (χ3n) is 2.80. The molecular weight excluding hydrogens is 236 g/mol. The molecule has 0 saturated carbocycles. The van der Waals surface area contributed by atoms with Gasteiger partial charge in [-0.3, -0.25) is 4.79 Å². The van der Waals surface area contributed by atoms with E-state index in [-0.39, 0.29) is 12.5 Å². The molecule has 104 valence electrons. The predicted molar refractivity (Wildman–Crippen MR) is 66.1 cm³/mol. The average molecular weight is 258 g/mol. The van der Waals surface area contributed by atoms with Crippen LogP contribution in [0.2, 0.25) is 0 Å². The number of carbonyl (C=O) groups is 2. The standard InChI is InChI=1S/C12H22N2O4/c1-8-5-12(13,9(15)16)7-14(6-8)10(17)18-11(2,3)4/h8H,5-7,13H2,1-4H3,(H,15,16). The van der Waals surface area contributed by atoms with Crippen molar-refractivity contribution in [1.29, 1.82) is 0 Å². The molecule has 3 N–H and O–H groups in total. The largest absolute Gasteiger partial charge is 0.480 e. The van der Waals surface area contributed by atoms with Gasteiger partial charge in [0.25, 0.3) is 0 Å². The maximum Gasteiger partial charge on any atom is 0.410 e. The summed E-state index contributed by atoms with van der Waals surface area (Å²) in [5.74, 6) is -1.05. The number of nitrogens with two attached hydrogens (primary N) is 1. The first kappa shape index (κ1) is 14.8. The molecule has 2 unspecified atom stereocenters. The summed E-state index contributed by atoms with van der Waals surface area (Å²) in [5, 5.41) is 9.14. The zero-order valence-corrected chi connectivity index (χ0v) is 11.4. The second kappa shape index (κ2) is 4.76. The molecule has 0 aliphatic carbocycles. The topological polar surface area (TPSA) is 92.9 Å². The molecular formula is C12H22N2O4. The van der Waals surface area contributed by atoms with Crippen molar-refractivity contribution in [2.75, 3.05) is 13.1 Å². The van der Waals surface area contributed by atoms with Crippen molar-refractivity contribution in [1.82, 2.24) is 4.90 Å². The predicted octanol–water partition coefficient (Wildman–Crippen LogP) is 1.05. The number of ether oxygens (including phenoxy) is 1. The zero-order valence-electron chi connectivity index (χ0n) is 11.4. The van der Waals surface area contributed by atoms with Crippen LogP contribution in [0, 0.1) is 5.92 Å². The number of amides is 1. The van der Waals surface area contributed by atoms with E-state index in [0.717, 1.165) is 0 Å². The Morgan fingerprint density at radius 1 is 1.44 bits per heavy atom. The second-order valence-electron chi connectivity index (χ2n) is 6.13. The lowest BCUT2D eigenvalue weighted by atomic mass is 9.84. The van der Waals surface area contributed by atoms with Crippen molar-refractivity contribution in [2.45, 2.75) is 45.3 Å². The Hall–Kier alpha value is -1.30. The van der Waals surface area contributed by atoms with Crippen LogP contribution in [0.4, 0.5) is 4.79 Å². The number of carboxylic acids is 1. The third-order valence-corrected chi connectivity index (χ3v) is 2.80. The first-order valence-electron chi connectivity index (χ1n) is 6.04. The lowest BCUT2D eigenvalue weighted by Gasteiger charge is -2.40. The van der Waals surface area contributed by atoms with Gasteiger partial charge in [0.15, 0.2) is 0 Å². The van der Waals surface area contributed by atoms with Gasteiger partial charge >= 0.3 is 12.1 Å². The van der Waals surface area contributed by atoms with Crippen molar-refractivity contribution < 1.29 is 19.4 Å². The normalized spacial score (nSPS) is 28.9. The summed E-state index contributed by atoms with van der Waals surface area (Å²) in [6, 6.07) is 0. The molecule has 18 heavy (non-hydrogen) atoms. The van der Waals surface area contributed by atoms with E-state index in [1.807, 2.05) is 6.92 Å². The molecule has 0 aromatic rings. The van der Waals surface area contributed by atoms with Crippen LogP contribution < -0.4 is 5.73 Å². The average Bonchev–Trinajstić information content (AvgIpc) is 2.13. The maximum atomic E-state index is 11.9. The number of hydrogen-bond donors (Lipinski definition) is 2. The number of likely N-dealkylation sites (tertiary alicyclic amines) is 1. The molecule has 0 bridgehead atoms. The zero-order chi connectivity index (χ0) is 14.1. The van der Waals surface area contributed by atoms with E-state index in [4.69, 9.17) is 15.6 Å². The van der Waals surface area contributed by atoms with Crippen LogP contribution >= 0.6 is 0 Å². The van der Waals surface area contributed by atoms with E-state index in [2.05, 4.69) is 0 Å². The van der Waals surface area contributed by atoms with Gasteiger partial charge in [-0.2, -0.15) is 0 Å². The van der Waals surface area contributed by atoms with Crippen molar-refractivity contribution in [2.24, 2.45) is 11.7 Å². The molecule has 1 aliphatic heterocycles. The number of piperidine rings is 1. The van der Waals surface area contributed by atoms with Gasteiger partial charge in [-0.15, -0.1) is 0 Å². The van der Waals surface area contributed by atoms with Crippen LogP contribution in [0.3, 0.4) is 0 Å². The first-order chi connectivity index (χ1) is 8.03. The summed E-state index contributed by atoms with van der Waals surface area (Å²) < 4.78 is 5.24. The molecule has 1 aliphatic rings. The lowest BCUT2D eigenvalue weighted by molar-refractivity contribution is -0.146. The molecule has 1 heterocycles. The third kappa shape index (κ3) is 3.60. The summed E-state index contributed by atoms with van der Waals surface area (Å²) >= 11 is 0. The van der Waals surface area contributed by atoms with Gasteiger partial charge in [0.2, 0.25) is 0 Å². The van der Waals surface area contributed by atoms with Gasteiger partial charge < -0.3 is 20.5 Å². The minimum Gasteiger partial charge on any atom is -0.480 e. The van der Waals surface area contributed by atoms with Crippen molar-refractivity contribution in [3.63, 3.8) is 0 Å². The second-order valence-corrected chi connectivity index (χ2v) is 6.13. The van der Waals surface area contributed by atoms with E-state index < -0.39 is 23.2 Å². The number of nitrogens with zero attached hydrogens (tertiary/aromatic N) is 1. The summed E-state index contributed by atoms with van der Waals surface area (Å²) in [5.41, 5.74) is 3.86. The Bertz CT molecular complexity index is 350. The summed E-state index contributed by atoms with van der Waals surface area (Å²) in [7, 11) is 0. The van der Waals surface area contributed by atoms with Crippen LogP contribution in [-0.2, 0) is 9.53 Å². The van der Waals surface area contributed by atoms with Crippen molar-refractivity contribution in [3.8, 4) is 0 Å². The van der Waals surface area contributed by atoms with Gasteiger partial charge in [0, 0.05) is 6.54 Å². The highest BCUT2D eigenvalue weighted by Gasteiger charge is 2.43. The Balaban J connectivity index is 2.78. The van der Waals surface area contributed by atoms with Gasteiger partial charge in [-0.05, 0) is 33.1 Å². The quantitative estimate of drug-likeness (QED) is 0.733. The molecule has 6 nitrogen and oxygen atoms in total. The number of aliphatic carboxylic acids is 1. The summed E-state index contributed by atoms with van der Waals surface area (Å²) in [6.07, 6.45) is -0.146. The van der Waals surface area contributed by atoms with Crippen LogP contribution in [0.5, 0.6) is 0 Å². The van der Waals surface area contributed by atoms with Gasteiger partial charge in [-0.25, -0.2) is 4.79 Å². The van der Waals surface area contributed by atoms with Gasteiger partial charge in [0.1, 0.15) is 11.1 Å². The fraction of sp³-hybridized carbons (Fsp3) is 0.833. The molecule has 1 amide bonds. The lowest BCUT2D eigenvalue weighted by Crippen LogP contribution is -2.62. The molecule has 1 fully saturated rings. The molecule has 0 aromatic carbocycles. The molecule has 1 saturated heterocycles. The fourth-order valence-electron chi connectivity index (χ4n) is 2.15. The minimum atomic E-state index is -1.38. The van der Waals surface area contributed by atoms with Crippen LogP contribution in [0.25, 0.3) is 0 Å². The van der Waals surface area contributed by atoms with E-state index in [1.54, 1.807) is 20.8 Å². The van der Waals surface area contributed by atoms with E-state index in [9.17, 15) is 9.59 Å². The molecule has 0 spiro atoms. The van der Waals surface area contributed by atoms with Crippen LogP contribution in [-0.4, -0.2) is 46.3 Å². The highest BCUT2D eigenvalue weighted by atomic mass is 16.6. The Labute approximate surface area is 107 Å². The number of carbonyl (C=O) groups excluding carboxylic acids is 1. The van der Waals surface area contributed by atoms with E-state index in [0.29, 0.717) is 13.0 Å². The SMILES string of the molecule is CC1CN(C(=O)OC(C)(C)C)CC(N)(C(=O)O)C1. The first-order valence-corrected chi connectivity index (χ1v) is 6.04. The summed E-state index contributed by atoms with van der Waals surface area (Å²) in [4.78, 5) is 24.5. The Morgan fingerprint density at radius 2 is 2.00 bits per heavy atom. The highest BCUT2D eigenvalue weighted by Crippen LogP contribution is 2.25. The summed E-state index contributed by atoms with van der Waals surface area (Å²) in [6.45, 7) is 7.64. The van der Waals surface area contributed by atoms with E-state index in [1.165, 1.54) is 4.90 Å². The van der Waals surface area contributed by atoms with Gasteiger partial charge in [0.05, 0.1) is 6.54 Å². The number of carboxylic acid groups (broad SMARTS) is 1. The molecule has 1 rings (SSSR count). The maximum absolute atomic E-state index is 11.9. The van der Waals surface area contributed by atoms with Crippen molar-refractivity contribution in [3.05, 3.63) is 0 Å². The Kier molecular flexibility index (Phi) is 3.90.